The summed E-state index contributed by atoms with van der Waals surface area (Å²) in [5.74, 6) is 1.59. The fourth-order valence-corrected chi connectivity index (χ4v) is 5.09. The van der Waals surface area contributed by atoms with Gasteiger partial charge in [0.05, 0.1) is 6.61 Å². The summed E-state index contributed by atoms with van der Waals surface area (Å²) in [4.78, 5) is 14.9. The van der Waals surface area contributed by atoms with Gasteiger partial charge in [0.25, 0.3) is 7.72 Å². The van der Waals surface area contributed by atoms with E-state index >= 15 is 0 Å². The number of hydrogen-bond acceptors (Lipinski definition) is 4. The van der Waals surface area contributed by atoms with E-state index < -0.39 is 7.72 Å². The van der Waals surface area contributed by atoms with Crippen molar-refractivity contribution in [1.29, 1.82) is 0 Å². The van der Waals surface area contributed by atoms with E-state index in [1.165, 1.54) is 18.4 Å². The summed E-state index contributed by atoms with van der Waals surface area (Å²) in [6.07, 6.45) is 4.95. The van der Waals surface area contributed by atoms with E-state index in [-0.39, 0.29) is 0 Å². The lowest BCUT2D eigenvalue weighted by atomic mass is 9.97. The number of aromatic nitrogens is 1. The molecule has 2 aromatic rings. The highest BCUT2D eigenvalue weighted by Crippen LogP contribution is 2.58. The van der Waals surface area contributed by atoms with Crippen LogP contribution in [0.1, 0.15) is 36.8 Å². The SMILES string of the molecule is CCO[P+](C)(O)C[C@H](c1ccnc(OCc2ccccc2)c1)C1CC1. The summed E-state index contributed by atoms with van der Waals surface area (Å²) in [5, 5.41) is 0. The Kier molecular flexibility index (Phi) is 6.06. The Balaban J connectivity index is 1.69. The molecule has 1 N–H and O–H groups in total. The minimum Gasteiger partial charge on any atom is -0.473 e. The Hall–Kier alpha value is -1.48. The number of benzene rings is 1. The predicted molar refractivity (Wildman–Crippen MR) is 102 cm³/mol. The van der Waals surface area contributed by atoms with Crippen molar-refractivity contribution in [2.75, 3.05) is 19.4 Å². The molecule has 0 aliphatic heterocycles. The molecule has 0 radical (unpaired) electrons. The zero-order valence-corrected chi connectivity index (χ0v) is 15.9. The maximum atomic E-state index is 10.6. The van der Waals surface area contributed by atoms with Gasteiger partial charge in [0.15, 0.2) is 0 Å². The molecule has 1 unspecified atom stereocenters. The van der Waals surface area contributed by atoms with Crippen LogP contribution in [0.4, 0.5) is 0 Å². The molecule has 1 aliphatic rings. The fraction of sp³-hybridized carbons (Fsp3) is 0.450. The van der Waals surface area contributed by atoms with Crippen molar-refractivity contribution in [3.05, 3.63) is 59.8 Å². The monoisotopic (exact) mass is 360 g/mol. The lowest BCUT2D eigenvalue weighted by molar-refractivity contribution is 0.293. The molecule has 1 saturated carbocycles. The first-order valence-corrected chi connectivity index (χ1v) is 11.2. The molecular formula is C20H27NO3P+. The average molecular weight is 360 g/mol. The van der Waals surface area contributed by atoms with Crippen LogP contribution in [-0.2, 0) is 11.1 Å². The van der Waals surface area contributed by atoms with E-state index in [2.05, 4.69) is 4.98 Å². The Morgan fingerprint density at radius 3 is 2.68 bits per heavy atom. The van der Waals surface area contributed by atoms with E-state index in [1.807, 2.05) is 56.1 Å². The van der Waals surface area contributed by atoms with Crippen molar-refractivity contribution in [3.63, 3.8) is 0 Å². The van der Waals surface area contributed by atoms with Gasteiger partial charge in [0, 0.05) is 18.2 Å². The van der Waals surface area contributed by atoms with Crippen molar-refractivity contribution in [2.24, 2.45) is 5.92 Å². The van der Waals surface area contributed by atoms with Gasteiger partial charge in [0.1, 0.15) is 19.4 Å². The van der Waals surface area contributed by atoms with E-state index in [0.717, 1.165) is 5.56 Å². The molecule has 0 amide bonds. The smallest absolute Gasteiger partial charge is 0.269 e. The standard InChI is InChI=1S/C20H27NO3P/c1-3-24-25(2,22)15-19(17-9-10-17)18-11-12-21-20(13-18)23-14-16-7-5-4-6-8-16/h4-8,11-13,17,19,22H,3,9-10,14-15H2,1-2H3/q+1/t19-,25?/m0/s1. The van der Waals surface area contributed by atoms with Crippen molar-refractivity contribution >= 4 is 7.72 Å². The first-order valence-electron chi connectivity index (χ1n) is 8.93. The fourth-order valence-electron chi connectivity index (χ4n) is 3.19. The molecule has 2 atom stereocenters. The Morgan fingerprint density at radius 1 is 1.24 bits per heavy atom. The van der Waals surface area contributed by atoms with E-state index in [0.29, 0.717) is 37.1 Å². The number of hydrogen-bond donors (Lipinski definition) is 1. The molecule has 1 fully saturated rings. The Bertz CT molecular complexity index is 674. The highest BCUT2D eigenvalue weighted by atomic mass is 31.2. The molecule has 0 spiro atoms. The number of ether oxygens (including phenoxy) is 1. The van der Waals surface area contributed by atoms with Crippen LogP contribution in [0.2, 0.25) is 0 Å². The summed E-state index contributed by atoms with van der Waals surface area (Å²) in [7, 11) is -2.32. The molecule has 4 nitrogen and oxygen atoms in total. The molecule has 1 aromatic carbocycles. The van der Waals surface area contributed by atoms with Crippen molar-refractivity contribution in [1.82, 2.24) is 4.98 Å². The van der Waals surface area contributed by atoms with E-state index in [4.69, 9.17) is 9.26 Å². The summed E-state index contributed by atoms with van der Waals surface area (Å²) in [5.41, 5.74) is 2.32. The predicted octanol–water partition coefficient (Wildman–Crippen LogP) is 4.66. The lowest BCUT2D eigenvalue weighted by Gasteiger charge is -2.21. The lowest BCUT2D eigenvalue weighted by Crippen LogP contribution is -2.13. The van der Waals surface area contributed by atoms with Crippen LogP contribution in [-0.4, -0.2) is 29.3 Å². The second-order valence-electron chi connectivity index (χ2n) is 6.80. The molecule has 0 bridgehead atoms. The number of nitrogens with zero attached hydrogens (tertiary/aromatic N) is 1. The molecule has 1 aliphatic carbocycles. The largest absolute Gasteiger partial charge is 0.473 e. The molecule has 5 heteroatoms. The van der Waals surface area contributed by atoms with Crippen molar-refractivity contribution in [2.45, 2.75) is 32.3 Å². The zero-order chi connectivity index (χ0) is 17.7. The Morgan fingerprint density at radius 2 is 2.00 bits per heavy atom. The first-order chi connectivity index (χ1) is 12.1. The van der Waals surface area contributed by atoms with Crippen LogP contribution in [0.15, 0.2) is 48.7 Å². The van der Waals surface area contributed by atoms with Crippen molar-refractivity contribution in [3.8, 4) is 5.88 Å². The minimum absolute atomic E-state index is 0.317. The quantitative estimate of drug-likeness (QED) is 0.661. The van der Waals surface area contributed by atoms with Gasteiger partial charge in [-0.15, -0.1) is 0 Å². The second-order valence-corrected chi connectivity index (χ2v) is 9.52. The van der Waals surface area contributed by atoms with Gasteiger partial charge >= 0.3 is 0 Å². The van der Waals surface area contributed by atoms with Crippen molar-refractivity contribution < 1.29 is 14.2 Å². The van der Waals surface area contributed by atoms with Crippen LogP contribution in [0.25, 0.3) is 0 Å². The van der Waals surface area contributed by atoms with Crippen LogP contribution in [0.5, 0.6) is 5.88 Å². The van der Waals surface area contributed by atoms with Gasteiger partial charge in [-0.2, -0.15) is 0 Å². The molecular weight excluding hydrogens is 333 g/mol. The van der Waals surface area contributed by atoms with E-state index in [1.54, 1.807) is 6.20 Å². The van der Waals surface area contributed by atoms with Gasteiger partial charge in [-0.05, 0) is 42.9 Å². The highest BCUT2D eigenvalue weighted by molar-refractivity contribution is 7.64. The third-order valence-corrected chi connectivity index (χ3v) is 6.44. The first kappa shape index (κ1) is 18.3. The summed E-state index contributed by atoms with van der Waals surface area (Å²) >= 11 is 0. The molecule has 0 saturated heterocycles. The maximum Gasteiger partial charge on any atom is 0.269 e. The molecule has 3 rings (SSSR count). The molecule has 25 heavy (non-hydrogen) atoms. The van der Waals surface area contributed by atoms with Crippen LogP contribution in [0.3, 0.4) is 0 Å². The Labute approximate surface area is 150 Å². The van der Waals surface area contributed by atoms with Gasteiger partial charge in [-0.25, -0.2) is 14.4 Å². The zero-order valence-electron chi connectivity index (χ0n) is 15.0. The van der Waals surface area contributed by atoms with Gasteiger partial charge in [0.2, 0.25) is 5.88 Å². The second kappa shape index (κ2) is 8.27. The summed E-state index contributed by atoms with van der Waals surface area (Å²) in [6.45, 7) is 4.86. The van der Waals surface area contributed by atoms with Gasteiger partial charge in [-0.1, -0.05) is 30.3 Å². The van der Waals surface area contributed by atoms with Crippen LogP contribution < -0.4 is 4.74 Å². The normalized spacial score (nSPS) is 17.7. The highest BCUT2D eigenvalue weighted by Gasteiger charge is 2.42. The minimum atomic E-state index is -2.32. The summed E-state index contributed by atoms with van der Waals surface area (Å²) in [6, 6.07) is 14.2. The van der Waals surface area contributed by atoms with Gasteiger partial charge < -0.3 is 4.74 Å². The third-order valence-electron chi connectivity index (χ3n) is 4.55. The summed E-state index contributed by atoms with van der Waals surface area (Å²) < 4.78 is 11.5. The van der Waals surface area contributed by atoms with E-state index in [9.17, 15) is 4.89 Å². The number of rotatable bonds is 9. The topological polar surface area (TPSA) is 51.6 Å². The van der Waals surface area contributed by atoms with Crippen LogP contribution in [0, 0.1) is 5.92 Å². The van der Waals surface area contributed by atoms with Crippen LogP contribution >= 0.6 is 7.72 Å². The number of pyridine rings is 1. The molecule has 1 aromatic heterocycles. The molecule has 134 valence electrons. The third kappa shape index (κ3) is 5.50. The maximum absolute atomic E-state index is 10.6. The average Bonchev–Trinajstić information content (AvgIpc) is 3.44. The van der Waals surface area contributed by atoms with Gasteiger partial charge in [-0.3, -0.25) is 0 Å². The molecule has 1 heterocycles.